The number of benzene rings is 2. The molecule has 15 heteroatoms. The van der Waals surface area contributed by atoms with Gasteiger partial charge in [0.15, 0.2) is 17.8 Å². The summed E-state index contributed by atoms with van der Waals surface area (Å²) in [7, 11) is 0. The molecule has 4 rings (SSSR count). The Hall–Kier alpha value is -2.90. The Morgan fingerprint density at radius 3 is 2.29 bits per heavy atom. The topological polar surface area (TPSA) is 98.1 Å². The third kappa shape index (κ3) is 5.45. The summed E-state index contributed by atoms with van der Waals surface area (Å²) in [6.45, 7) is -0.190. The molecule has 2 aromatic carbocycles. The van der Waals surface area contributed by atoms with Gasteiger partial charge in [-0.3, -0.25) is 9.13 Å². The van der Waals surface area contributed by atoms with Crippen LogP contribution in [0, 0.1) is 5.82 Å². The van der Waals surface area contributed by atoms with Crippen molar-refractivity contribution in [3.63, 3.8) is 0 Å². The Labute approximate surface area is 227 Å². The number of aromatic nitrogens is 5. The standard InChI is InChI=1S/C23H18Cl3F4N5O3/c1-11(36)21-31-17(32-35(21)15-4-2-3-14(27)18(15)25)10-34-20(26)19(12-5-7-13(24)8-6-12)33(22(34)38)9-16(37)23(28,29)30/h2-8,11,16,36-37H,9-10H2,1H3/t11-,16-/m0/s1. The molecule has 0 bridgehead atoms. The van der Waals surface area contributed by atoms with Gasteiger partial charge in [-0.25, -0.2) is 18.9 Å². The lowest BCUT2D eigenvalue weighted by molar-refractivity contribution is -0.207. The molecule has 2 aromatic heterocycles. The summed E-state index contributed by atoms with van der Waals surface area (Å²) < 4.78 is 56.2. The SMILES string of the molecule is C[C@H](O)c1nc(Cn2c(Cl)c(-c3ccc(Cl)cc3)n(C[C@H](O)C(F)(F)F)c2=O)nn1-c1cccc(F)c1Cl. The van der Waals surface area contributed by atoms with Crippen LogP contribution in [-0.4, -0.2) is 46.4 Å². The first-order valence-corrected chi connectivity index (χ1v) is 12.0. The zero-order valence-electron chi connectivity index (χ0n) is 19.3. The normalized spacial score (nSPS) is 13.6. The second-order valence-corrected chi connectivity index (χ2v) is 9.40. The summed E-state index contributed by atoms with van der Waals surface area (Å²) in [6.07, 6.45) is -9.05. The molecule has 0 saturated carbocycles. The van der Waals surface area contributed by atoms with Crippen molar-refractivity contribution in [3.8, 4) is 16.9 Å². The van der Waals surface area contributed by atoms with Gasteiger partial charge in [-0.15, -0.1) is 5.10 Å². The number of hydrogen-bond donors (Lipinski definition) is 2. The molecule has 0 aliphatic heterocycles. The number of aliphatic hydroxyl groups excluding tert-OH is 2. The summed E-state index contributed by atoms with van der Waals surface area (Å²) in [5.74, 6) is -0.868. The third-order valence-electron chi connectivity index (χ3n) is 5.52. The summed E-state index contributed by atoms with van der Waals surface area (Å²) >= 11 is 18.5. The Morgan fingerprint density at radius 1 is 1.03 bits per heavy atom. The number of aliphatic hydroxyl groups is 2. The van der Waals surface area contributed by atoms with Crippen molar-refractivity contribution in [1.82, 2.24) is 23.9 Å². The van der Waals surface area contributed by atoms with Gasteiger partial charge in [0.05, 0.1) is 24.5 Å². The number of alkyl halides is 3. The van der Waals surface area contributed by atoms with Gasteiger partial charge in [0.2, 0.25) is 0 Å². The molecule has 202 valence electrons. The van der Waals surface area contributed by atoms with Crippen LogP contribution in [-0.2, 0) is 13.1 Å². The van der Waals surface area contributed by atoms with E-state index < -0.39 is 43.0 Å². The van der Waals surface area contributed by atoms with E-state index in [1.165, 1.54) is 43.3 Å². The lowest BCUT2D eigenvalue weighted by atomic mass is 10.1. The Morgan fingerprint density at radius 2 is 1.68 bits per heavy atom. The summed E-state index contributed by atoms with van der Waals surface area (Å²) in [4.78, 5) is 17.5. The monoisotopic (exact) mass is 593 g/mol. The summed E-state index contributed by atoms with van der Waals surface area (Å²) in [6, 6.07) is 9.75. The molecule has 0 saturated heterocycles. The highest BCUT2D eigenvalue weighted by molar-refractivity contribution is 6.33. The van der Waals surface area contributed by atoms with Gasteiger partial charge < -0.3 is 10.2 Å². The van der Waals surface area contributed by atoms with E-state index in [1.54, 1.807) is 0 Å². The maximum Gasteiger partial charge on any atom is 0.416 e. The van der Waals surface area contributed by atoms with Crippen LogP contribution >= 0.6 is 34.8 Å². The fourth-order valence-corrected chi connectivity index (χ4v) is 4.39. The van der Waals surface area contributed by atoms with E-state index in [4.69, 9.17) is 34.8 Å². The second kappa shape index (κ2) is 10.7. The smallest absolute Gasteiger partial charge is 0.385 e. The maximum absolute atomic E-state index is 14.0. The molecule has 8 nitrogen and oxygen atoms in total. The molecule has 0 fully saturated rings. The van der Waals surface area contributed by atoms with Gasteiger partial charge in [-0.1, -0.05) is 53.0 Å². The highest BCUT2D eigenvalue weighted by Crippen LogP contribution is 2.31. The Kier molecular flexibility index (Phi) is 7.91. The van der Waals surface area contributed by atoms with Crippen LogP contribution in [0.15, 0.2) is 47.3 Å². The van der Waals surface area contributed by atoms with Crippen LogP contribution in [0.25, 0.3) is 16.9 Å². The second-order valence-electron chi connectivity index (χ2n) is 8.23. The van der Waals surface area contributed by atoms with Crippen LogP contribution in [0.4, 0.5) is 17.6 Å². The summed E-state index contributed by atoms with van der Waals surface area (Å²) in [5.41, 5.74) is -0.756. The van der Waals surface area contributed by atoms with E-state index >= 15 is 0 Å². The Balaban J connectivity index is 1.84. The number of nitrogens with zero attached hydrogens (tertiary/aromatic N) is 5. The van der Waals surface area contributed by atoms with Crippen LogP contribution in [0.1, 0.15) is 24.7 Å². The van der Waals surface area contributed by atoms with E-state index in [0.29, 0.717) is 9.59 Å². The van der Waals surface area contributed by atoms with Gasteiger partial charge in [0, 0.05) is 10.6 Å². The molecule has 0 aliphatic carbocycles. The predicted octanol–water partition coefficient (Wildman–Crippen LogP) is 5.02. The van der Waals surface area contributed by atoms with Crippen molar-refractivity contribution in [2.45, 2.75) is 38.4 Å². The minimum absolute atomic E-state index is 0.0403. The minimum atomic E-state index is -5.00. The van der Waals surface area contributed by atoms with Crippen molar-refractivity contribution in [3.05, 3.63) is 85.6 Å². The van der Waals surface area contributed by atoms with Gasteiger partial charge in [-0.2, -0.15) is 13.2 Å². The first kappa shape index (κ1) is 28.1. The number of halogens is 7. The van der Waals surface area contributed by atoms with Crippen molar-refractivity contribution in [2.24, 2.45) is 0 Å². The van der Waals surface area contributed by atoms with E-state index in [-0.39, 0.29) is 38.8 Å². The molecule has 0 spiro atoms. The van der Waals surface area contributed by atoms with Gasteiger partial charge in [-0.05, 0) is 31.2 Å². The zero-order valence-corrected chi connectivity index (χ0v) is 21.6. The molecule has 2 heterocycles. The van der Waals surface area contributed by atoms with E-state index in [1.807, 2.05) is 0 Å². The molecule has 0 unspecified atom stereocenters. The van der Waals surface area contributed by atoms with E-state index in [0.717, 1.165) is 15.3 Å². The third-order valence-corrected chi connectivity index (χ3v) is 6.53. The fourth-order valence-electron chi connectivity index (χ4n) is 3.71. The highest BCUT2D eigenvalue weighted by Gasteiger charge is 2.39. The minimum Gasteiger partial charge on any atom is -0.385 e. The lowest BCUT2D eigenvalue weighted by Gasteiger charge is -2.16. The summed E-state index contributed by atoms with van der Waals surface area (Å²) in [5, 5.41) is 23.9. The molecular formula is C23H18Cl3F4N5O3. The first-order valence-electron chi connectivity index (χ1n) is 10.9. The molecule has 2 atom stereocenters. The lowest BCUT2D eigenvalue weighted by Crippen LogP contribution is -2.37. The number of imidazole rings is 1. The average Bonchev–Trinajstić information content (AvgIpc) is 3.36. The zero-order chi connectivity index (χ0) is 27.9. The van der Waals surface area contributed by atoms with Gasteiger partial charge in [0.1, 0.15) is 22.1 Å². The van der Waals surface area contributed by atoms with Gasteiger partial charge >= 0.3 is 11.9 Å². The van der Waals surface area contributed by atoms with Crippen molar-refractivity contribution in [1.29, 1.82) is 0 Å². The molecule has 2 N–H and O–H groups in total. The number of rotatable bonds is 7. The molecule has 0 aliphatic rings. The van der Waals surface area contributed by atoms with E-state index in [9.17, 15) is 32.6 Å². The quantitative estimate of drug-likeness (QED) is 0.293. The first-order chi connectivity index (χ1) is 17.8. The fraction of sp³-hybridized carbons (Fsp3) is 0.261. The molecule has 0 amide bonds. The van der Waals surface area contributed by atoms with Crippen molar-refractivity contribution < 1.29 is 27.8 Å². The van der Waals surface area contributed by atoms with Crippen LogP contribution < -0.4 is 5.69 Å². The maximum atomic E-state index is 14.0. The molecule has 0 radical (unpaired) electrons. The van der Waals surface area contributed by atoms with Crippen molar-refractivity contribution >= 4 is 34.8 Å². The van der Waals surface area contributed by atoms with Crippen LogP contribution in [0.2, 0.25) is 15.2 Å². The van der Waals surface area contributed by atoms with Crippen molar-refractivity contribution in [2.75, 3.05) is 0 Å². The highest BCUT2D eigenvalue weighted by atomic mass is 35.5. The van der Waals surface area contributed by atoms with E-state index in [2.05, 4.69) is 10.1 Å². The van der Waals surface area contributed by atoms with Crippen LogP contribution in [0.5, 0.6) is 0 Å². The largest absolute Gasteiger partial charge is 0.416 e. The molecule has 4 aromatic rings. The van der Waals surface area contributed by atoms with Gasteiger partial charge in [0.25, 0.3) is 0 Å². The predicted molar refractivity (Wildman–Crippen MR) is 132 cm³/mol. The van der Waals surface area contributed by atoms with Crippen LogP contribution in [0.3, 0.4) is 0 Å². The molecule has 38 heavy (non-hydrogen) atoms. The molecular weight excluding hydrogens is 577 g/mol. The Bertz CT molecular complexity index is 1530. The average molecular weight is 595 g/mol. The number of hydrogen-bond acceptors (Lipinski definition) is 5.